The second-order valence-corrected chi connectivity index (χ2v) is 5.33. The molecule has 0 aliphatic carbocycles. The lowest BCUT2D eigenvalue weighted by Crippen LogP contribution is -2.45. The second-order valence-electron chi connectivity index (χ2n) is 5.33. The number of hydrogen-bond acceptors (Lipinski definition) is 4. The van der Waals surface area contributed by atoms with Crippen LogP contribution in [0.1, 0.15) is 39.5 Å². The smallest absolute Gasteiger partial charge is 0.242 e. The highest BCUT2D eigenvalue weighted by atomic mass is 16.2. The van der Waals surface area contributed by atoms with Crippen molar-refractivity contribution >= 4 is 11.9 Å². The number of aromatic nitrogens is 2. The van der Waals surface area contributed by atoms with Crippen LogP contribution in [0, 0.1) is 5.92 Å². The predicted molar refractivity (Wildman–Crippen MR) is 79.5 cm³/mol. The molecule has 110 valence electrons. The summed E-state index contributed by atoms with van der Waals surface area (Å²) in [6, 6.07) is 1.67. The Kier molecular flexibility index (Phi) is 5.32. The third-order valence-electron chi connectivity index (χ3n) is 4.08. The maximum atomic E-state index is 12.4. The summed E-state index contributed by atoms with van der Waals surface area (Å²) in [5.41, 5.74) is 0. The Morgan fingerprint density at radius 3 is 2.75 bits per heavy atom. The van der Waals surface area contributed by atoms with Crippen molar-refractivity contribution in [3.63, 3.8) is 0 Å². The van der Waals surface area contributed by atoms with Gasteiger partial charge in [0.2, 0.25) is 11.9 Å². The third kappa shape index (κ3) is 3.46. The number of nitrogens with one attached hydrogen (secondary N) is 1. The molecule has 1 fully saturated rings. The Labute approximate surface area is 120 Å². The molecular weight excluding hydrogens is 252 g/mol. The first-order chi connectivity index (χ1) is 9.76. The monoisotopic (exact) mass is 276 g/mol. The summed E-state index contributed by atoms with van der Waals surface area (Å²) in [6.07, 6.45) is 7.55. The average molecular weight is 276 g/mol. The van der Waals surface area contributed by atoms with E-state index >= 15 is 0 Å². The minimum atomic E-state index is -0.119. The van der Waals surface area contributed by atoms with Gasteiger partial charge in [-0.25, -0.2) is 9.97 Å². The first kappa shape index (κ1) is 14.8. The minimum Gasteiger partial charge on any atom is -0.354 e. The SMILES string of the molecule is CCC(CC)CNC(=O)C1CCCN1c1ncccn1. The summed E-state index contributed by atoms with van der Waals surface area (Å²) < 4.78 is 0. The van der Waals surface area contributed by atoms with Gasteiger partial charge in [0.1, 0.15) is 6.04 Å². The van der Waals surface area contributed by atoms with Crippen molar-refractivity contribution in [2.45, 2.75) is 45.6 Å². The standard InChI is InChI=1S/C15H24N4O/c1-3-12(4-2)11-18-14(20)13-7-5-10-19(13)15-16-8-6-9-17-15/h6,8-9,12-13H,3-5,7,10-11H2,1-2H3,(H,18,20). The molecule has 1 aliphatic rings. The fourth-order valence-corrected chi connectivity index (χ4v) is 2.66. The van der Waals surface area contributed by atoms with Crippen molar-refractivity contribution in [3.8, 4) is 0 Å². The molecule has 1 N–H and O–H groups in total. The van der Waals surface area contributed by atoms with Gasteiger partial charge in [0.25, 0.3) is 0 Å². The number of amides is 1. The molecule has 0 saturated carbocycles. The van der Waals surface area contributed by atoms with E-state index in [-0.39, 0.29) is 11.9 Å². The second kappa shape index (κ2) is 7.22. The molecule has 0 radical (unpaired) electrons. The number of hydrogen-bond donors (Lipinski definition) is 1. The molecule has 0 spiro atoms. The van der Waals surface area contributed by atoms with E-state index in [1.807, 2.05) is 4.90 Å². The van der Waals surface area contributed by atoms with E-state index in [2.05, 4.69) is 29.1 Å². The lowest BCUT2D eigenvalue weighted by atomic mass is 10.0. The van der Waals surface area contributed by atoms with Gasteiger partial charge in [-0.3, -0.25) is 4.79 Å². The van der Waals surface area contributed by atoms with E-state index in [0.29, 0.717) is 11.9 Å². The fourth-order valence-electron chi connectivity index (χ4n) is 2.66. The highest BCUT2D eigenvalue weighted by Gasteiger charge is 2.32. The third-order valence-corrected chi connectivity index (χ3v) is 4.08. The summed E-state index contributed by atoms with van der Waals surface area (Å²) >= 11 is 0. The van der Waals surface area contributed by atoms with Crippen LogP contribution in [0.3, 0.4) is 0 Å². The van der Waals surface area contributed by atoms with Crippen molar-refractivity contribution < 1.29 is 4.79 Å². The number of rotatable bonds is 6. The van der Waals surface area contributed by atoms with Gasteiger partial charge < -0.3 is 10.2 Å². The Bertz CT molecular complexity index is 419. The molecule has 1 atom stereocenters. The summed E-state index contributed by atoms with van der Waals surface area (Å²) in [5.74, 6) is 1.34. The quantitative estimate of drug-likeness (QED) is 0.863. The maximum absolute atomic E-state index is 12.4. The molecule has 1 aliphatic heterocycles. The van der Waals surface area contributed by atoms with Crippen LogP contribution in [-0.4, -0.2) is 35.0 Å². The molecule has 5 nitrogen and oxygen atoms in total. The minimum absolute atomic E-state index is 0.113. The topological polar surface area (TPSA) is 58.1 Å². The zero-order chi connectivity index (χ0) is 14.4. The molecule has 5 heteroatoms. The highest BCUT2D eigenvalue weighted by Crippen LogP contribution is 2.22. The van der Waals surface area contributed by atoms with Gasteiger partial charge >= 0.3 is 0 Å². The van der Waals surface area contributed by atoms with Gasteiger partial charge in [0, 0.05) is 25.5 Å². The first-order valence-corrected chi connectivity index (χ1v) is 7.57. The van der Waals surface area contributed by atoms with E-state index in [1.165, 1.54) is 0 Å². The molecule has 0 bridgehead atoms. The van der Waals surface area contributed by atoms with Crippen molar-refractivity contribution in [3.05, 3.63) is 18.5 Å². The van der Waals surface area contributed by atoms with Crippen LogP contribution in [0.25, 0.3) is 0 Å². The Balaban J connectivity index is 1.95. The van der Waals surface area contributed by atoms with Gasteiger partial charge in [-0.15, -0.1) is 0 Å². The highest BCUT2D eigenvalue weighted by molar-refractivity contribution is 5.85. The van der Waals surface area contributed by atoms with E-state index in [9.17, 15) is 4.79 Å². The Morgan fingerprint density at radius 2 is 2.10 bits per heavy atom. The van der Waals surface area contributed by atoms with Crippen LogP contribution in [0.2, 0.25) is 0 Å². The van der Waals surface area contributed by atoms with Crippen molar-refractivity contribution in [1.29, 1.82) is 0 Å². The lowest BCUT2D eigenvalue weighted by Gasteiger charge is -2.24. The summed E-state index contributed by atoms with van der Waals surface area (Å²) in [4.78, 5) is 22.9. The summed E-state index contributed by atoms with van der Waals surface area (Å²) in [6.45, 7) is 5.96. The van der Waals surface area contributed by atoms with Crippen molar-refractivity contribution in [1.82, 2.24) is 15.3 Å². The van der Waals surface area contributed by atoms with E-state index in [0.717, 1.165) is 38.8 Å². The van der Waals surface area contributed by atoms with Gasteiger partial charge in [-0.05, 0) is 24.8 Å². The van der Waals surface area contributed by atoms with E-state index in [4.69, 9.17) is 0 Å². The lowest BCUT2D eigenvalue weighted by molar-refractivity contribution is -0.122. The van der Waals surface area contributed by atoms with Gasteiger partial charge in [-0.1, -0.05) is 26.7 Å². The van der Waals surface area contributed by atoms with Gasteiger partial charge in [0.05, 0.1) is 0 Å². The Morgan fingerprint density at radius 1 is 1.40 bits per heavy atom. The molecule has 0 aromatic carbocycles. The van der Waals surface area contributed by atoms with Crippen LogP contribution < -0.4 is 10.2 Å². The van der Waals surface area contributed by atoms with E-state index < -0.39 is 0 Å². The summed E-state index contributed by atoms with van der Waals surface area (Å²) in [7, 11) is 0. The van der Waals surface area contributed by atoms with Gasteiger partial charge in [0.15, 0.2) is 0 Å². The molecule has 1 saturated heterocycles. The predicted octanol–water partition coefficient (Wildman–Crippen LogP) is 2.00. The molecule has 1 aromatic rings. The molecular formula is C15H24N4O. The molecule has 1 amide bonds. The zero-order valence-electron chi connectivity index (χ0n) is 12.4. The van der Waals surface area contributed by atoms with Crippen molar-refractivity contribution in [2.75, 3.05) is 18.0 Å². The Hall–Kier alpha value is -1.65. The van der Waals surface area contributed by atoms with Crippen LogP contribution in [0.15, 0.2) is 18.5 Å². The molecule has 1 aromatic heterocycles. The largest absolute Gasteiger partial charge is 0.354 e. The molecule has 2 heterocycles. The molecule has 2 rings (SSSR count). The van der Waals surface area contributed by atoms with Crippen LogP contribution in [0.5, 0.6) is 0 Å². The number of nitrogens with zero attached hydrogens (tertiary/aromatic N) is 3. The first-order valence-electron chi connectivity index (χ1n) is 7.57. The van der Waals surface area contributed by atoms with Crippen molar-refractivity contribution in [2.24, 2.45) is 5.92 Å². The van der Waals surface area contributed by atoms with Gasteiger partial charge in [-0.2, -0.15) is 0 Å². The average Bonchev–Trinajstić information content (AvgIpc) is 2.98. The van der Waals surface area contributed by atoms with E-state index in [1.54, 1.807) is 18.5 Å². The molecule has 1 unspecified atom stereocenters. The number of anilines is 1. The number of carbonyl (C=O) groups is 1. The molecule has 20 heavy (non-hydrogen) atoms. The fraction of sp³-hybridized carbons (Fsp3) is 0.667. The summed E-state index contributed by atoms with van der Waals surface area (Å²) in [5, 5.41) is 3.09. The van der Waals surface area contributed by atoms with Crippen LogP contribution in [-0.2, 0) is 4.79 Å². The maximum Gasteiger partial charge on any atom is 0.242 e. The zero-order valence-corrected chi connectivity index (χ0v) is 12.4. The van der Waals surface area contributed by atoms with Crippen LogP contribution >= 0.6 is 0 Å². The normalized spacial score (nSPS) is 18.6. The number of carbonyl (C=O) groups excluding carboxylic acids is 1. The van der Waals surface area contributed by atoms with Crippen LogP contribution in [0.4, 0.5) is 5.95 Å².